The van der Waals surface area contributed by atoms with Crippen LogP contribution in [0.2, 0.25) is 0 Å². The van der Waals surface area contributed by atoms with Crippen LogP contribution < -0.4 is 5.32 Å². The molecule has 0 aliphatic rings. The Balaban J connectivity index is 0. The van der Waals surface area contributed by atoms with E-state index in [0.29, 0.717) is 0 Å². The highest BCUT2D eigenvalue weighted by Gasteiger charge is 2.10. The van der Waals surface area contributed by atoms with E-state index in [9.17, 15) is 4.79 Å². The molecule has 0 saturated heterocycles. The van der Waals surface area contributed by atoms with Crippen LogP contribution in [0.25, 0.3) is 0 Å². The molecule has 0 fully saturated rings. The molecule has 0 aromatic rings. The van der Waals surface area contributed by atoms with Crippen LogP contribution >= 0.6 is 21.6 Å². The summed E-state index contributed by atoms with van der Waals surface area (Å²) in [4.78, 5) is 11.1. The molecule has 0 rings (SSSR count). The summed E-state index contributed by atoms with van der Waals surface area (Å²) in [5.74, 6) is 2.33. The lowest BCUT2D eigenvalue weighted by atomic mass is 10.2. The van der Waals surface area contributed by atoms with Crippen molar-refractivity contribution in [2.24, 2.45) is 0 Å². The molecule has 0 radical (unpaired) electrons. The SMILES string of the molecule is C=C.CCCCCCCSSCC(NC)C(C)=O. The standard InChI is InChI=1S/C12H25NOS2.C2H4/c1-4-5-6-7-8-9-15-16-10-12(13-3)11(2)14;1-2/h12-13H,4-10H2,1-3H3;1-2H2. The van der Waals surface area contributed by atoms with Crippen LogP contribution in [0.5, 0.6) is 0 Å². The van der Waals surface area contributed by atoms with Gasteiger partial charge in [-0.3, -0.25) is 4.79 Å². The molecule has 18 heavy (non-hydrogen) atoms. The fourth-order valence-corrected chi connectivity index (χ4v) is 3.82. The van der Waals surface area contributed by atoms with E-state index < -0.39 is 0 Å². The Morgan fingerprint density at radius 2 is 1.78 bits per heavy atom. The first-order chi connectivity index (χ1) is 8.72. The first kappa shape index (κ1) is 20.4. The predicted octanol–water partition coefficient (Wildman–Crippen LogP) is 4.32. The summed E-state index contributed by atoms with van der Waals surface area (Å²) >= 11 is 0. The number of nitrogens with one attached hydrogen (secondary N) is 1. The molecular formula is C14H29NOS2. The van der Waals surface area contributed by atoms with Gasteiger partial charge in [-0.05, 0) is 20.4 Å². The van der Waals surface area contributed by atoms with Gasteiger partial charge < -0.3 is 5.32 Å². The van der Waals surface area contributed by atoms with Crippen LogP contribution in [-0.4, -0.2) is 30.4 Å². The number of carbonyl (C=O) groups excluding carboxylic acids is 1. The van der Waals surface area contributed by atoms with Crippen LogP contribution in [0, 0.1) is 0 Å². The van der Waals surface area contributed by atoms with Gasteiger partial charge >= 0.3 is 0 Å². The molecule has 4 heteroatoms. The van der Waals surface area contributed by atoms with Gasteiger partial charge in [-0.25, -0.2) is 0 Å². The van der Waals surface area contributed by atoms with Gasteiger partial charge in [0.25, 0.3) is 0 Å². The van der Waals surface area contributed by atoms with Crippen molar-refractivity contribution in [2.75, 3.05) is 18.6 Å². The minimum absolute atomic E-state index is 0.0255. The lowest BCUT2D eigenvalue weighted by Crippen LogP contribution is -2.34. The van der Waals surface area contributed by atoms with Crippen molar-refractivity contribution < 1.29 is 4.79 Å². The third kappa shape index (κ3) is 14.1. The quantitative estimate of drug-likeness (QED) is 0.349. The van der Waals surface area contributed by atoms with Crippen LogP contribution in [0.3, 0.4) is 0 Å². The van der Waals surface area contributed by atoms with Gasteiger partial charge in [0.2, 0.25) is 0 Å². The van der Waals surface area contributed by atoms with E-state index in [4.69, 9.17) is 0 Å². The van der Waals surface area contributed by atoms with Crippen molar-refractivity contribution in [2.45, 2.75) is 52.0 Å². The number of hydrogen-bond donors (Lipinski definition) is 1. The van der Waals surface area contributed by atoms with Crippen LogP contribution in [0.1, 0.15) is 46.0 Å². The maximum Gasteiger partial charge on any atom is 0.147 e. The second-order valence-electron chi connectivity index (χ2n) is 3.97. The fraction of sp³-hybridized carbons (Fsp3) is 0.786. The van der Waals surface area contributed by atoms with Crippen LogP contribution in [0.4, 0.5) is 0 Å². The minimum Gasteiger partial charge on any atom is -0.310 e. The molecule has 0 aromatic carbocycles. The van der Waals surface area contributed by atoms with E-state index in [1.165, 1.54) is 37.9 Å². The van der Waals surface area contributed by atoms with Crippen LogP contribution in [-0.2, 0) is 4.79 Å². The molecule has 108 valence electrons. The van der Waals surface area contributed by atoms with E-state index in [1.54, 1.807) is 6.92 Å². The average molecular weight is 292 g/mol. The Labute approximate surface area is 121 Å². The van der Waals surface area contributed by atoms with E-state index in [0.717, 1.165) is 5.75 Å². The smallest absolute Gasteiger partial charge is 0.147 e. The molecule has 0 heterocycles. The molecule has 0 aromatic heterocycles. The summed E-state index contributed by atoms with van der Waals surface area (Å²) in [5.41, 5.74) is 0. The van der Waals surface area contributed by atoms with Gasteiger partial charge in [0.15, 0.2) is 0 Å². The highest BCUT2D eigenvalue weighted by atomic mass is 33.1. The van der Waals surface area contributed by atoms with Crippen LogP contribution in [0.15, 0.2) is 13.2 Å². The van der Waals surface area contributed by atoms with E-state index in [1.807, 2.05) is 28.6 Å². The lowest BCUT2D eigenvalue weighted by molar-refractivity contribution is -0.118. The number of likely N-dealkylation sites (N-methyl/N-ethyl adjacent to an activating group) is 1. The first-order valence-corrected chi connectivity index (χ1v) is 9.13. The fourth-order valence-electron chi connectivity index (χ4n) is 1.34. The van der Waals surface area contributed by atoms with Gasteiger partial charge in [-0.2, -0.15) is 0 Å². The van der Waals surface area contributed by atoms with Crippen molar-refractivity contribution in [1.82, 2.24) is 5.32 Å². The normalized spacial score (nSPS) is 11.5. The largest absolute Gasteiger partial charge is 0.310 e. The summed E-state index contributed by atoms with van der Waals surface area (Å²) in [6.45, 7) is 9.89. The Morgan fingerprint density at radius 1 is 1.17 bits per heavy atom. The minimum atomic E-state index is 0.0255. The molecule has 1 unspecified atom stereocenters. The lowest BCUT2D eigenvalue weighted by Gasteiger charge is -2.11. The number of carbonyl (C=O) groups is 1. The maximum absolute atomic E-state index is 11.1. The summed E-state index contributed by atoms with van der Waals surface area (Å²) in [6.07, 6.45) is 6.70. The van der Waals surface area contributed by atoms with Crippen molar-refractivity contribution in [3.05, 3.63) is 13.2 Å². The van der Waals surface area contributed by atoms with Crippen molar-refractivity contribution in [1.29, 1.82) is 0 Å². The first-order valence-electron chi connectivity index (χ1n) is 6.64. The molecule has 2 nitrogen and oxygen atoms in total. The van der Waals surface area contributed by atoms with Gasteiger partial charge in [0, 0.05) is 11.5 Å². The van der Waals surface area contributed by atoms with Gasteiger partial charge in [-0.1, -0.05) is 54.2 Å². The zero-order chi connectivity index (χ0) is 14.2. The predicted molar refractivity (Wildman–Crippen MR) is 88.5 cm³/mol. The second kappa shape index (κ2) is 17.1. The molecule has 0 spiro atoms. The third-order valence-electron chi connectivity index (χ3n) is 2.49. The highest BCUT2D eigenvalue weighted by molar-refractivity contribution is 8.76. The summed E-state index contributed by atoms with van der Waals surface area (Å²) in [6, 6.07) is 0.0255. The Morgan fingerprint density at radius 3 is 2.28 bits per heavy atom. The molecule has 0 aliphatic carbocycles. The Hall–Kier alpha value is 0.0700. The van der Waals surface area contributed by atoms with Gasteiger partial charge in [0.1, 0.15) is 5.78 Å². The zero-order valence-electron chi connectivity index (χ0n) is 12.2. The van der Waals surface area contributed by atoms with Gasteiger partial charge in [0.05, 0.1) is 6.04 Å². The number of hydrogen-bond acceptors (Lipinski definition) is 4. The average Bonchev–Trinajstić information content (AvgIpc) is 2.39. The maximum atomic E-state index is 11.1. The molecule has 1 N–H and O–H groups in total. The second-order valence-corrected chi connectivity index (χ2v) is 6.60. The van der Waals surface area contributed by atoms with E-state index in [2.05, 4.69) is 25.4 Å². The van der Waals surface area contributed by atoms with Crippen molar-refractivity contribution >= 4 is 27.4 Å². The Bertz CT molecular complexity index is 189. The Kier molecular flexibility index (Phi) is 19.3. The highest BCUT2D eigenvalue weighted by Crippen LogP contribution is 2.23. The van der Waals surface area contributed by atoms with Crippen molar-refractivity contribution in [3.8, 4) is 0 Å². The summed E-state index contributed by atoms with van der Waals surface area (Å²) < 4.78 is 0. The number of rotatable bonds is 11. The molecular weight excluding hydrogens is 262 g/mol. The zero-order valence-corrected chi connectivity index (χ0v) is 13.8. The molecule has 1 atom stereocenters. The van der Waals surface area contributed by atoms with E-state index in [-0.39, 0.29) is 11.8 Å². The molecule has 0 bridgehead atoms. The topological polar surface area (TPSA) is 29.1 Å². The molecule has 0 aliphatic heterocycles. The van der Waals surface area contributed by atoms with E-state index >= 15 is 0 Å². The number of unbranched alkanes of at least 4 members (excludes halogenated alkanes) is 4. The number of Topliss-reactive ketones (excluding diaryl/α,β-unsaturated/α-hetero) is 1. The summed E-state index contributed by atoms with van der Waals surface area (Å²) in [7, 11) is 5.56. The molecule has 0 saturated carbocycles. The summed E-state index contributed by atoms with van der Waals surface area (Å²) in [5, 5.41) is 3.04. The van der Waals surface area contributed by atoms with Crippen molar-refractivity contribution in [3.63, 3.8) is 0 Å². The third-order valence-corrected chi connectivity index (χ3v) is 4.99. The monoisotopic (exact) mass is 291 g/mol. The number of ketones is 1. The van der Waals surface area contributed by atoms with Gasteiger partial charge in [-0.15, -0.1) is 13.2 Å². The molecule has 0 amide bonds.